The lowest BCUT2D eigenvalue weighted by molar-refractivity contribution is -0.139. The van der Waals surface area contributed by atoms with Crippen LogP contribution in [0.5, 0.6) is 0 Å². The second-order valence-corrected chi connectivity index (χ2v) is 8.19. The van der Waals surface area contributed by atoms with Gasteiger partial charge in [0.15, 0.2) is 0 Å². The zero-order chi connectivity index (χ0) is 17.0. The van der Waals surface area contributed by atoms with Crippen molar-refractivity contribution in [3.05, 3.63) is 34.9 Å². The summed E-state index contributed by atoms with van der Waals surface area (Å²) in [5.41, 5.74) is -0.278. The number of rotatable bonds is 2. The minimum Gasteiger partial charge on any atom is -0.342 e. The van der Waals surface area contributed by atoms with Crippen LogP contribution in [-0.2, 0) is 10.2 Å². The van der Waals surface area contributed by atoms with Gasteiger partial charge in [-0.15, -0.1) is 0 Å². The average molecular weight is 354 g/mol. The van der Waals surface area contributed by atoms with Gasteiger partial charge < -0.3 is 4.90 Å². The maximum absolute atomic E-state index is 13.6. The maximum Gasteiger partial charge on any atom is 0.254 e. The largest absolute Gasteiger partial charge is 0.342 e. The molecule has 0 N–H and O–H groups in total. The highest BCUT2D eigenvalue weighted by Crippen LogP contribution is 2.66. The third-order valence-corrected chi connectivity index (χ3v) is 6.73. The van der Waals surface area contributed by atoms with Crippen LogP contribution in [0.3, 0.4) is 0 Å². The number of carbonyl (C=O) groups excluding carboxylic acids is 1. The molecule has 1 amide bonds. The van der Waals surface area contributed by atoms with Crippen molar-refractivity contribution in [2.45, 2.75) is 56.3 Å². The molecule has 2 aliphatic carbocycles. The van der Waals surface area contributed by atoms with Crippen molar-refractivity contribution in [1.82, 2.24) is 4.90 Å². The standard InChI is InChI=1S/C19H22ClF2NO/c20-15-5-3-14(4-6-15)18(7-1-2-8-18)16(24)23-11-9-17(10-12-23)13-19(17,21)22/h3-6H,1-2,7-13H2. The number of hydrogen-bond acceptors (Lipinski definition) is 1. The van der Waals surface area contributed by atoms with Crippen LogP contribution in [0, 0.1) is 5.41 Å². The summed E-state index contributed by atoms with van der Waals surface area (Å²) in [5.74, 6) is -2.38. The molecule has 5 heteroatoms. The Morgan fingerprint density at radius 3 is 2.04 bits per heavy atom. The second-order valence-electron chi connectivity index (χ2n) is 7.75. The summed E-state index contributed by atoms with van der Waals surface area (Å²) in [5, 5.41) is 0.662. The molecule has 2 saturated carbocycles. The fraction of sp³-hybridized carbons (Fsp3) is 0.632. The van der Waals surface area contributed by atoms with E-state index in [1.807, 2.05) is 29.2 Å². The van der Waals surface area contributed by atoms with Crippen LogP contribution < -0.4 is 0 Å². The minimum atomic E-state index is -2.51. The molecule has 0 aromatic heterocycles. The van der Waals surface area contributed by atoms with Crippen LogP contribution in [0.2, 0.25) is 5.02 Å². The van der Waals surface area contributed by atoms with Crippen molar-refractivity contribution >= 4 is 17.5 Å². The predicted molar refractivity (Wildman–Crippen MR) is 89.4 cm³/mol. The lowest BCUT2D eigenvalue weighted by atomic mass is 9.77. The summed E-state index contributed by atoms with van der Waals surface area (Å²) in [7, 11) is 0. The highest BCUT2D eigenvalue weighted by molar-refractivity contribution is 6.30. The molecule has 1 aromatic rings. The topological polar surface area (TPSA) is 20.3 Å². The first-order valence-electron chi connectivity index (χ1n) is 8.82. The van der Waals surface area contributed by atoms with Gasteiger partial charge in [-0.05, 0) is 43.4 Å². The highest BCUT2D eigenvalue weighted by atomic mass is 35.5. The van der Waals surface area contributed by atoms with Gasteiger partial charge in [-0.1, -0.05) is 36.6 Å². The van der Waals surface area contributed by atoms with Gasteiger partial charge in [0.1, 0.15) is 0 Å². The molecule has 1 aromatic carbocycles. The SMILES string of the molecule is O=C(N1CCC2(CC1)CC2(F)F)C1(c2ccc(Cl)cc2)CCCC1. The third kappa shape index (κ3) is 2.37. The fourth-order valence-corrected chi connectivity index (χ4v) is 4.86. The number of nitrogens with zero attached hydrogens (tertiary/aromatic N) is 1. The molecule has 1 spiro atoms. The Bertz CT molecular complexity index is 644. The Morgan fingerprint density at radius 2 is 1.54 bits per heavy atom. The number of halogens is 3. The molecule has 2 nitrogen and oxygen atoms in total. The van der Waals surface area contributed by atoms with Gasteiger partial charge in [-0.2, -0.15) is 0 Å². The fourth-order valence-electron chi connectivity index (χ4n) is 4.74. The number of piperidine rings is 1. The molecule has 3 fully saturated rings. The normalized spacial score (nSPS) is 26.5. The molecule has 0 radical (unpaired) electrons. The molecule has 3 aliphatic rings. The molecule has 130 valence electrons. The van der Waals surface area contributed by atoms with Crippen molar-refractivity contribution in [3.63, 3.8) is 0 Å². The van der Waals surface area contributed by atoms with E-state index in [2.05, 4.69) is 0 Å². The van der Waals surface area contributed by atoms with Gasteiger partial charge in [0.05, 0.1) is 5.41 Å². The van der Waals surface area contributed by atoms with E-state index < -0.39 is 16.8 Å². The van der Waals surface area contributed by atoms with Gasteiger partial charge in [-0.3, -0.25) is 4.79 Å². The summed E-state index contributed by atoms with van der Waals surface area (Å²) in [4.78, 5) is 15.1. The van der Waals surface area contributed by atoms with Crippen molar-refractivity contribution < 1.29 is 13.6 Å². The number of alkyl halides is 2. The molecule has 4 rings (SSSR count). The molecule has 0 atom stereocenters. The van der Waals surface area contributed by atoms with Crippen LogP contribution >= 0.6 is 11.6 Å². The number of likely N-dealkylation sites (tertiary alicyclic amines) is 1. The van der Waals surface area contributed by atoms with Crippen molar-refractivity contribution in [2.75, 3.05) is 13.1 Å². The molecule has 0 bridgehead atoms. The Hall–Kier alpha value is -1.16. The first kappa shape index (κ1) is 16.3. The molecule has 1 aliphatic heterocycles. The van der Waals surface area contributed by atoms with Gasteiger partial charge >= 0.3 is 0 Å². The van der Waals surface area contributed by atoms with Gasteiger partial charge in [-0.25, -0.2) is 8.78 Å². The Balaban J connectivity index is 1.54. The van der Waals surface area contributed by atoms with E-state index in [0.29, 0.717) is 31.0 Å². The predicted octanol–water partition coefficient (Wildman–Crippen LogP) is 4.80. The molecular weight excluding hydrogens is 332 g/mol. The van der Waals surface area contributed by atoms with Crippen LogP contribution in [0.15, 0.2) is 24.3 Å². The Labute approximate surface area is 146 Å². The Morgan fingerprint density at radius 1 is 1.00 bits per heavy atom. The van der Waals surface area contributed by atoms with Gasteiger partial charge in [0.25, 0.3) is 5.92 Å². The summed E-state index contributed by atoms with van der Waals surface area (Å²) in [6, 6.07) is 7.57. The number of carbonyl (C=O) groups is 1. The van der Waals surface area contributed by atoms with E-state index in [9.17, 15) is 13.6 Å². The van der Waals surface area contributed by atoms with E-state index >= 15 is 0 Å². The van der Waals surface area contributed by atoms with Crippen LogP contribution in [-0.4, -0.2) is 29.8 Å². The van der Waals surface area contributed by atoms with Crippen molar-refractivity contribution in [3.8, 4) is 0 Å². The van der Waals surface area contributed by atoms with E-state index in [1.54, 1.807) is 0 Å². The lowest BCUT2D eigenvalue weighted by Gasteiger charge is -2.39. The molecule has 0 unspecified atom stereocenters. The van der Waals surface area contributed by atoms with E-state index in [0.717, 1.165) is 31.2 Å². The lowest BCUT2D eigenvalue weighted by Crippen LogP contribution is -2.49. The maximum atomic E-state index is 13.6. The quantitative estimate of drug-likeness (QED) is 0.747. The van der Waals surface area contributed by atoms with E-state index in [-0.39, 0.29) is 12.3 Å². The number of amides is 1. The van der Waals surface area contributed by atoms with Crippen LogP contribution in [0.1, 0.15) is 50.5 Å². The molecular formula is C19H22ClF2NO. The highest BCUT2D eigenvalue weighted by Gasteiger charge is 2.71. The summed E-state index contributed by atoms with van der Waals surface area (Å²) >= 11 is 5.99. The molecule has 1 heterocycles. The summed E-state index contributed by atoms with van der Waals surface area (Å²) in [6.45, 7) is 0.924. The molecule has 24 heavy (non-hydrogen) atoms. The zero-order valence-electron chi connectivity index (χ0n) is 13.7. The number of hydrogen-bond donors (Lipinski definition) is 0. The number of benzene rings is 1. The van der Waals surface area contributed by atoms with Crippen molar-refractivity contribution in [1.29, 1.82) is 0 Å². The smallest absolute Gasteiger partial charge is 0.254 e. The van der Waals surface area contributed by atoms with Gasteiger partial charge in [0, 0.05) is 29.9 Å². The van der Waals surface area contributed by atoms with Gasteiger partial charge in [0.2, 0.25) is 5.91 Å². The monoisotopic (exact) mass is 353 g/mol. The first-order chi connectivity index (χ1) is 11.4. The average Bonchev–Trinajstić information content (AvgIpc) is 2.93. The van der Waals surface area contributed by atoms with Crippen molar-refractivity contribution in [2.24, 2.45) is 5.41 Å². The van der Waals surface area contributed by atoms with Crippen LogP contribution in [0.25, 0.3) is 0 Å². The minimum absolute atomic E-state index is 0.00432. The second kappa shape index (κ2) is 5.42. The zero-order valence-corrected chi connectivity index (χ0v) is 14.4. The molecule has 1 saturated heterocycles. The van der Waals surface area contributed by atoms with E-state index in [4.69, 9.17) is 11.6 Å². The Kier molecular flexibility index (Phi) is 3.68. The summed E-state index contributed by atoms with van der Waals surface area (Å²) < 4.78 is 27.1. The van der Waals surface area contributed by atoms with E-state index in [1.165, 1.54) is 0 Å². The first-order valence-corrected chi connectivity index (χ1v) is 9.20. The third-order valence-electron chi connectivity index (χ3n) is 6.48. The van der Waals surface area contributed by atoms with Crippen LogP contribution in [0.4, 0.5) is 8.78 Å². The summed E-state index contributed by atoms with van der Waals surface area (Å²) in [6.07, 6.45) is 4.61.